The number of rotatable bonds is 2. The summed E-state index contributed by atoms with van der Waals surface area (Å²) in [7, 11) is -3.92. The van der Waals surface area contributed by atoms with Crippen LogP contribution in [-0.4, -0.2) is 13.0 Å². The highest BCUT2D eigenvalue weighted by Gasteiger charge is 2.08. The molecule has 0 amide bonds. The van der Waals surface area contributed by atoms with Crippen molar-refractivity contribution >= 4 is 20.9 Å². The molecule has 0 aliphatic heterocycles. The molecule has 0 atom stereocenters. The first-order valence-electron chi connectivity index (χ1n) is 4.43. The number of hydrogen-bond acceptors (Lipinski definition) is 3. The molecule has 0 heterocycles. The van der Waals surface area contributed by atoms with E-state index >= 15 is 0 Å². The zero-order valence-corrected chi connectivity index (χ0v) is 7.99. The molecular weight excluding hydrogens is 200 g/mol. The molecule has 0 spiro atoms. The van der Waals surface area contributed by atoms with Crippen LogP contribution in [0.4, 0.5) is 0 Å². The van der Waals surface area contributed by atoms with Crippen molar-refractivity contribution in [1.82, 2.24) is 0 Å². The molecule has 0 radical (unpaired) electrons. The molecule has 14 heavy (non-hydrogen) atoms. The minimum absolute atomic E-state index is 0.00352. The van der Waals surface area contributed by atoms with E-state index in [0.717, 1.165) is 10.8 Å². The third kappa shape index (κ3) is 1.62. The van der Waals surface area contributed by atoms with Gasteiger partial charge in [-0.05, 0) is 22.9 Å². The molecule has 0 saturated carbocycles. The minimum atomic E-state index is -3.92. The number of benzene rings is 2. The Bertz CT molecular complexity index is 592. The topological polar surface area (TPSA) is 54.4 Å². The molecule has 4 heteroatoms. The smallest absolute Gasteiger partial charge is 0.282 e. The normalized spacial score (nSPS) is 12.7. The average Bonchev–Trinajstić information content (AvgIpc) is 2.28. The molecule has 0 aliphatic carbocycles. The zero-order valence-electron chi connectivity index (χ0n) is 8.17. The van der Waals surface area contributed by atoms with Crippen LogP contribution in [0.3, 0.4) is 0 Å². The van der Waals surface area contributed by atoms with E-state index in [1.807, 2.05) is 18.2 Å². The van der Waals surface area contributed by atoms with Crippen LogP contribution >= 0.6 is 0 Å². The first kappa shape index (κ1) is 7.96. The fraction of sp³-hybridized carbons (Fsp3) is 0. The number of hydrogen-bond donors (Lipinski definition) is 1. The zero-order chi connectivity index (χ0) is 10.9. The fourth-order valence-electron chi connectivity index (χ4n) is 1.32. The Morgan fingerprint density at radius 2 is 1.79 bits per heavy atom. The third-order valence-electron chi connectivity index (χ3n) is 2.01. The lowest BCUT2D eigenvalue weighted by molar-refractivity contribution is 0.483. The predicted octanol–water partition coefficient (Wildman–Crippen LogP) is 2.09. The molecule has 0 unspecified atom stereocenters. The van der Waals surface area contributed by atoms with Crippen LogP contribution in [0.15, 0.2) is 47.4 Å². The lowest BCUT2D eigenvalue weighted by Gasteiger charge is -1.99. The number of fused-ring (bicyclic) bond motifs is 1. The van der Waals surface area contributed by atoms with Crippen molar-refractivity contribution in [3.8, 4) is 0 Å². The van der Waals surface area contributed by atoms with E-state index in [-0.39, 0.29) is 4.90 Å². The maximum atomic E-state index is 11.2. The Kier molecular flexibility index (Phi) is 1.75. The van der Waals surface area contributed by atoms with E-state index in [4.69, 9.17) is 1.43 Å². The quantitative estimate of drug-likeness (QED) is 0.770. The minimum Gasteiger partial charge on any atom is -0.282 e. The van der Waals surface area contributed by atoms with E-state index < -0.39 is 10.1 Å². The first-order chi connectivity index (χ1) is 7.13. The second kappa shape index (κ2) is 3.08. The Labute approximate surface area is 83.2 Å². The van der Waals surface area contributed by atoms with Crippen molar-refractivity contribution in [3.05, 3.63) is 42.5 Å². The first-order valence-corrected chi connectivity index (χ1v) is 5.43. The van der Waals surface area contributed by atoms with Gasteiger partial charge in [-0.15, -0.1) is 0 Å². The van der Waals surface area contributed by atoms with E-state index in [9.17, 15) is 8.42 Å². The van der Waals surface area contributed by atoms with Crippen LogP contribution in [0, 0.1) is 0 Å². The summed E-state index contributed by atoms with van der Waals surface area (Å²) in [4.78, 5) is -0.00352. The Morgan fingerprint density at radius 1 is 1.07 bits per heavy atom. The second-order valence-electron chi connectivity index (χ2n) is 2.96. The lowest BCUT2D eigenvalue weighted by atomic mass is 10.1. The summed E-state index contributed by atoms with van der Waals surface area (Å²) < 4.78 is 32.6. The van der Waals surface area contributed by atoms with Gasteiger partial charge in [-0.1, -0.05) is 30.3 Å². The lowest BCUT2D eigenvalue weighted by Crippen LogP contribution is -1.97. The maximum absolute atomic E-state index is 11.2. The van der Waals surface area contributed by atoms with Crippen LogP contribution in [0.25, 0.3) is 12.2 Å². The monoisotopic (exact) mass is 209 g/mol. The van der Waals surface area contributed by atoms with Gasteiger partial charge in [0.1, 0.15) is 0 Å². The molecule has 0 aromatic heterocycles. The van der Waals surface area contributed by atoms with E-state index in [0.29, 0.717) is 0 Å². The molecule has 0 aliphatic rings. The van der Waals surface area contributed by atoms with Gasteiger partial charge in [0.05, 0.1) is 4.90 Å². The van der Waals surface area contributed by atoms with Crippen molar-refractivity contribution in [1.29, 1.82) is 1.43 Å². The Morgan fingerprint density at radius 3 is 2.50 bits per heavy atom. The van der Waals surface area contributed by atoms with Gasteiger partial charge in [0.15, 0.2) is 0 Å². The van der Waals surface area contributed by atoms with Crippen molar-refractivity contribution in [3.63, 3.8) is 0 Å². The van der Waals surface area contributed by atoms with Crippen LogP contribution < -0.4 is 0 Å². The van der Waals surface area contributed by atoms with Crippen LogP contribution in [0.2, 0.25) is 0 Å². The molecule has 3 nitrogen and oxygen atoms in total. The molecule has 2 aromatic carbocycles. The second-order valence-corrected chi connectivity index (χ2v) is 4.34. The van der Waals surface area contributed by atoms with Gasteiger partial charge in [0.2, 0.25) is 1.43 Å². The van der Waals surface area contributed by atoms with Gasteiger partial charge in [-0.25, -0.2) is 0 Å². The summed E-state index contributed by atoms with van der Waals surface area (Å²) in [5, 5.41) is 1.75. The van der Waals surface area contributed by atoms with Gasteiger partial charge in [0, 0.05) is 0 Å². The van der Waals surface area contributed by atoms with E-state index in [2.05, 4.69) is 4.56 Å². The molecule has 1 N–H and O–H groups in total. The summed E-state index contributed by atoms with van der Waals surface area (Å²) >= 11 is 0. The van der Waals surface area contributed by atoms with Crippen molar-refractivity contribution in [2.45, 2.75) is 4.90 Å². The van der Waals surface area contributed by atoms with Crippen LogP contribution in [0.1, 0.15) is 0 Å². The largest absolute Gasteiger partial charge is 0.294 e. The van der Waals surface area contributed by atoms with Gasteiger partial charge in [-0.3, -0.25) is 4.56 Å². The highest BCUT2D eigenvalue weighted by Crippen LogP contribution is 2.18. The summed E-state index contributed by atoms with van der Waals surface area (Å²) in [6, 6.07) is 12.0. The standard InChI is InChI=1S/C10H8O3S/c11-14(12,13)10-6-5-8-3-1-2-4-9(8)7-10/h1-7H,(H,11,12,13)/i/hD. The van der Waals surface area contributed by atoms with E-state index in [1.165, 1.54) is 12.1 Å². The fourth-order valence-corrected chi connectivity index (χ4v) is 1.83. The summed E-state index contributed by atoms with van der Waals surface area (Å²) in [5.41, 5.74) is 0. The third-order valence-corrected chi connectivity index (χ3v) is 2.84. The van der Waals surface area contributed by atoms with Gasteiger partial charge >= 0.3 is 0 Å². The van der Waals surface area contributed by atoms with Crippen LogP contribution in [-0.2, 0) is 10.1 Å². The molecule has 0 saturated heterocycles. The van der Waals surface area contributed by atoms with Gasteiger partial charge in [0.25, 0.3) is 10.1 Å². The summed E-state index contributed by atoms with van der Waals surface area (Å²) in [6.07, 6.45) is 0. The SMILES string of the molecule is [2H]OS(=O)(=O)c1ccc2ccccc2c1. The molecule has 2 rings (SSSR count). The van der Waals surface area contributed by atoms with Gasteiger partial charge < -0.3 is 0 Å². The highest BCUT2D eigenvalue weighted by atomic mass is 32.2. The van der Waals surface area contributed by atoms with Gasteiger partial charge in [-0.2, -0.15) is 8.42 Å². The van der Waals surface area contributed by atoms with Crippen LogP contribution in [0.5, 0.6) is 0 Å². The molecule has 2 aromatic rings. The molecular formula is C10H8O3S. The maximum Gasteiger partial charge on any atom is 0.294 e. The Balaban J connectivity index is 2.67. The molecule has 72 valence electrons. The average molecular weight is 209 g/mol. The van der Waals surface area contributed by atoms with Crippen molar-refractivity contribution in [2.24, 2.45) is 0 Å². The highest BCUT2D eigenvalue weighted by molar-refractivity contribution is 7.85. The predicted molar refractivity (Wildman–Crippen MR) is 53.8 cm³/mol. The summed E-state index contributed by atoms with van der Waals surface area (Å²) in [6.45, 7) is 0. The van der Waals surface area contributed by atoms with Crippen molar-refractivity contribution in [2.75, 3.05) is 0 Å². The molecule has 0 fully saturated rings. The van der Waals surface area contributed by atoms with E-state index in [1.54, 1.807) is 12.1 Å². The molecule has 0 bridgehead atoms. The Hall–Kier alpha value is -1.39. The van der Waals surface area contributed by atoms with Crippen molar-refractivity contribution < 1.29 is 13.0 Å². The summed E-state index contributed by atoms with van der Waals surface area (Å²) in [5.74, 6) is 0.